The third kappa shape index (κ3) is 7.24. The monoisotopic (exact) mass is 726 g/mol. The SMILES string of the molecule is COc1nc(-c2cccc(-c3cccc(-c4ccn5c(=O)c(CN[C@H]6C[C@](C)(O)C6)c(C)nc5c4)c3Cl)c2Cl)ccc1CNC[C@@H]1CCC(=O)N1. The van der Waals surface area contributed by atoms with Crippen molar-refractivity contribution in [2.24, 2.45) is 0 Å². The van der Waals surface area contributed by atoms with Gasteiger partial charge >= 0.3 is 0 Å². The summed E-state index contributed by atoms with van der Waals surface area (Å²) in [5, 5.41) is 20.8. The molecule has 1 saturated carbocycles. The van der Waals surface area contributed by atoms with Gasteiger partial charge in [-0.3, -0.25) is 14.0 Å². The number of halogens is 2. The van der Waals surface area contributed by atoms with E-state index in [0.29, 0.717) is 77.4 Å². The molecule has 1 aliphatic carbocycles. The number of rotatable bonds is 11. The first-order chi connectivity index (χ1) is 24.5. The van der Waals surface area contributed by atoms with Crippen molar-refractivity contribution in [1.82, 2.24) is 30.3 Å². The fraction of sp³-hybridized carbons (Fsp3) is 0.333. The number of aliphatic hydroxyl groups is 1. The lowest BCUT2D eigenvalue weighted by atomic mass is 9.77. The average Bonchev–Trinajstić information content (AvgIpc) is 3.52. The number of carbonyl (C=O) groups excluding carboxylic acids is 1. The van der Waals surface area contributed by atoms with Crippen LogP contribution >= 0.6 is 23.2 Å². The van der Waals surface area contributed by atoms with Crippen molar-refractivity contribution >= 4 is 34.8 Å². The minimum atomic E-state index is -0.638. The Morgan fingerprint density at radius 2 is 1.69 bits per heavy atom. The zero-order valence-corrected chi connectivity index (χ0v) is 30.2. The molecule has 264 valence electrons. The molecule has 2 aliphatic rings. The van der Waals surface area contributed by atoms with E-state index < -0.39 is 5.60 Å². The minimum absolute atomic E-state index is 0.0939. The van der Waals surface area contributed by atoms with Crippen molar-refractivity contribution in [2.75, 3.05) is 13.7 Å². The second-order valence-corrected chi connectivity index (χ2v) is 14.5. The summed E-state index contributed by atoms with van der Waals surface area (Å²) in [5.41, 5.74) is 6.42. The van der Waals surface area contributed by atoms with E-state index in [-0.39, 0.29) is 23.6 Å². The van der Waals surface area contributed by atoms with Crippen molar-refractivity contribution in [2.45, 2.75) is 70.3 Å². The Balaban J connectivity index is 1.13. The lowest BCUT2D eigenvalue weighted by Gasteiger charge is -2.41. The number of carbonyl (C=O) groups is 1. The molecule has 1 saturated heterocycles. The molecule has 5 aromatic rings. The van der Waals surface area contributed by atoms with E-state index >= 15 is 0 Å². The summed E-state index contributed by atoms with van der Waals surface area (Å²) in [6, 6.07) is 19.5. The first-order valence-corrected chi connectivity index (χ1v) is 17.9. The van der Waals surface area contributed by atoms with Crippen LogP contribution < -0.4 is 26.2 Å². The summed E-state index contributed by atoms with van der Waals surface area (Å²) >= 11 is 14.2. The van der Waals surface area contributed by atoms with Crippen LogP contribution in [-0.4, -0.2) is 56.7 Å². The largest absolute Gasteiger partial charge is 0.481 e. The van der Waals surface area contributed by atoms with Crippen LogP contribution in [0.2, 0.25) is 10.0 Å². The number of amides is 1. The van der Waals surface area contributed by atoms with Crippen LogP contribution in [0.25, 0.3) is 39.2 Å². The summed E-state index contributed by atoms with van der Waals surface area (Å²) < 4.78 is 7.21. The number of fused-ring (bicyclic) bond motifs is 1. The Kier molecular flexibility index (Phi) is 9.88. The fourth-order valence-corrected chi connectivity index (χ4v) is 7.75. The quantitative estimate of drug-likeness (QED) is 0.129. The number of methoxy groups -OCH3 is 1. The Hall–Kier alpha value is -4.32. The number of hydrogen-bond acceptors (Lipinski definition) is 8. The van der Waals surface area contributed by atoms with Gasteiger partial charge in [0.25, 0.3) is 5.56 Å². The molecule has 2 aromatic carbocycles. The van der Waals surface area contributed by atoms with Gasteiger partial charge in [-0.2, -0.15) is 0 Å². The highest BCUT2D eigenvalue weighted by Gasteiger charge is 2.38. The van der Waals surface area contributed by atoms with E-state index in [4.69, 9.17) is 37.9 Å². The molecule has 3 aromatic heterocycles. The van der Waals surface area contributed by atoms with Crippen LogP contribution in [-0.2, 0) is 17.9 Å². The Morgan fingerprint density at radius 1 is 0.980 bits per heavy atom. The van der Waals surface area contributed by atoms with Gasteiger partial charge in [0.2, 0.25) is 11.8 Å². The zero-order valence-electron chi connectivity index (χ0n) is 28.7. The van der Waals surface area contributed by atoms with E-state index in [9.17, 15) is 14.7 Å². The summed E-state index contributed by atoms with van der Waals surface area (Å²) in [7, 11) is 1.59. The number of aryl methyl sites for hydroxylation is 1. The highest BCUT2D eigenvalue weighted by atomic mass is 35.5. The summed E-state index contributed by atoms with van der Waals surface area (Å²) in [5.74, 6) is 0.587. The Morgan fingerprint density at radius 3 is 2.37 bits per heavy atom. The van der Waals surface area contributed by atoms with Crippen LogP contribution in [0.5, 0.6) is 5.88 Å². The second kappa shape index (κ2) is 14.4. The maximum absolute atomic E-state index is 13.5. The van der Waals surface area contributed by atoms with Crippen molar-refractivity contribution in [3.63, 3.8) is 0 Å². The molecule has 1 amide bonds. The van der Waals surface area contributed by atoms with Gasteiger partial charge in [0.05, 0.1) is 34.0 Å². The van der Waals surface area contributed by atoms with Gasteiger partial charge < -0.3 is 25.8 Å². The number of hydrogen-bond donors (Lipinski definition) is 4. The molecule has 51 heavy (non-hydrogen) atoms. The molecule has 12 heteroatoms. The van der Waals surface area contributed by atoms with Crippen molar-refractivity contribution in [3.8, 4) is 39.4 Å². The molecule has 0 bridgehead atoms. The summed E-state index contributed by atoms with van der Waals surface area (Å²) in [6.45, 7) is 5.28. The number of ether oxygens (including phenoxy) is 1. The predicted molar refractivity (Wildman–Crippen MR) is 200 cm³/mol. The molecular weight excluding hydrogens is 687 g/mol. The van der Waals surface area contributed by atoms with Gasteiger partial charge in [0.15, 0.2) is 0 Å². The van der Waals surface area contributed by atoms with E-state index in [2.05, 4.69) is 16.0 Å². The Bertz CT molecular complexity index is 2200. The maximum Gasteiger partial charge on any atom is 0.262 e. The van der Waals surface area contributed by atoms with E-state index in [1.165, 1.54) is 0 Å². The van der Waals surface area contributed by atoms with Gasteiger partial charge in [-0.25, -0.2) is 9.97 Å². The van der Waals surface area contributed by atoms with E-state index in [0.717, 1.165) is 39.8 Å². The summed E-state index contributed by atoms with van der Waals surface area (Å²) in [4.78, 5) is 34.5. The van der Waals surface area contributed by atoms with Crippen LogP contribution in [0.3, 0.4) is 0 Å². The van der Waals surface area contributed by atoms with Gasteiger partial charge in [-0.15, -0.1) is 0 Å². The number of benzene rings is 2. The molecule has 1 aliphatic heterocycles. The van der Waals surface area contributed by atoms with Crippen LogP contribution in [0, 0.1) is 6.92 Å². The van der Waals surface area contributed by atoms with Crippen molar-refractivity contribution in [3.05, 3.63) is 104 Å². The van der Waals surface area contributed by atoms with E-state index in [1.807, 2.05) is 74.5 Å². The maximum atomic E-state index is 13.5. The zero-order chi connectivity index (χ0) is 35.9. The number of nitrogens with one attached hydrogen (secondary N) is 3. The molecule has 0 spiro atoms. The van der Waals surface area contributed by atoms with Gasteiger partial charge in [0, 0.05) is 77.8 Å². The molecule has 0 radical (unpaired) electrons. The first kappa shape index (κ1) is 35.1. The van der Waals surface area contributed by atoms with Crippen LogP contribution in [0.1, 0.15) is 49.4 Å². The van der Waals surface area contributed by atoms with Crippen molar-refractivity contribution < 1.29 is 14.6 Å². The molecule has 1 atom stereocenters. The lowest BCUT2D eigenvalue weighted by Crippen LogP contribution is -2.51. The molecule has 7 rings (SSSR count). The molecule has 10 nitrogen and oxygen atoms in total. The smallest absolute Gasteiger partial charge is 0.262 e. The minimum Gasteiger partial charge on any atom is -0.481 e. The highest BCUT2D eigenvalue weighted by Crippen LogP contribution is 2.42. The normalized spacial score (nSPS) is 20.0. The van der Waals surface area contributed by atoms with Gasteiger partial charge in [0.1, 0.15) is 5.65 Å². The topological polar surface area (TPSA) is 130 Å². The second-order valence-electron chi connectivity index (χ2n) is 13.7. The number of aromatic nitrogens is 3. The first-order valence-electron chi connectivity index (χ1n) is 17.1. The summed E-state index contributed by atoms with van der Waals surface area (Å²) in [6.07, 6.45) is 4.45. The molecule has 0 unspecified atom stereocenters. The lowest BCUT2D eigenvalue weighted by molar-refractivity contribution is -0.119. The third-order valence-corrected chi connectivity index (χ3v) is 10.7. The van der Waals surface area contributed by atoms with Crippen LogP contribution in [0.4, 0.5) is 0 Å². The molecule has 2 fully saturated rings. The third-order valence-electron chi connectivity index (χ3n) is 9.87. The van der Waals surface area contributed by atoms with Gasteiger partial charge in [-0.05, 0) is 56.9 Å². The molecule has 4 heterocycles. The number of nitrogens with zero attached hydrogens (tertiary/aromatic N) is 3. The number of pyridine rings is 2. The standard InChI is InChI=1S/C39H40Cl2N6O4/c1-22-31(21-43-26-17-39(2,50)18-26)38(49)47-15-14-23(16-33(47)44-22)27-6-4-7-28(35(27)40)29-8-5-9-30(36(29)41)32-12-10-24(37(46-32)51-3)19-42-20-25-11-13-34(48)45-25/h4-10,12,14-16,25-26,42-43,50H,11,13,17-21H2,1-3H3,(H,45,48)/t25-,26-,39-/m0/s1. The highest BCUT2D eigenvalue weighted by molar-refractivity contribution is 6.39. The fourth-order valence-electron chi connectivity index (χ4n) is 7.09. The Labute approximate surface area is 306 Å². The van der Waals surface area contributed by atoms with E-state index in [1.54, 1.807) is 17.7 Å². The van der Waals surface area contributed by atoms with Crippen molar-refractivity contribution in [1.29, 1.82) is 0 Å². The van der Waals surface area contributed by atoms with Crippen LogP contribution in [0.15, 0.2) is 71.7 Å². The predicted octanol–water partition coefficient (Wildman–Crippen LogP) is 6.09. The molecular formula is C39H40Cl2N6O4. The van der Waals surface area contributed by atoms with Gasteiger partial charge in [-0.1, -0.05) is 65.7 Å². The average molecular weight is 728 g/mol. The molecule has 4 N–H and O–H groups in total.